The number of nitrogens with one attached hydrogen (secondary N) is 1. The Kier molecular flexibility index (Phi) is 5.60. The lowest BCUT2D eigenvalue weighted by atomic mass is 10.1. The van der Waals surface area contributed by atoms with Crippen molar-refractivity contribution in [3.8, 4) is 5.75 Å². The van der Waals surface area contributed by atoms with Crippen molar-refractivity contribution in [3.63, 3.8) is 0 Å². The monoisotopic (exact) mass is 394 g/mol. The molecular weight excluding hydrogens is 383 g/mol. The fourth-order valence-corrected chi connectivity index (χ4v) is 2.11. The van der Waals surface area contributed by atoms with Gasteiger partial charge in [0.15, 0.2) is 6.10 Å². The van der Waals surface area contributed by atoms with Crippen LogP contribution in [0.1, 0.15) is 17.3 Å². The van der Waals surface area contributed by atoms with Crippen molar-refractivity contribution in [2.75, 3.05) is 11.1 Å². The molecule has 1 unspecified atom stereocenters. The van der Waals surface area contributed by atoms with Gasteiger partial charge in [-0.1, -0.05) is 17.7 Å². The second-order valence-electron chi connectivity index (χ2n) is 5.22. The van der Waals surface area contributed by atoms with Crippen LogP contribution in [0.2, 0.25) is 5.02 Å². The molecule has 0 aliphatic heterocycles. The van der Waals surface area contributed by atoms with Gasteiger partial charge >= 0.3 is 6.18 Å². The number of hydrogen-bond donors (Lipinski definition) is 2. The molecule has 0 fully saturated rings. The maximum Gasteiger partial charge on any atom is 0.425 e. The lowest BCUT2D eigenvalue weighted by Gasteiger charge is -2.20. The molecule has 0 aromatic heterocycles. The third-order valence-corrected chi connectivity index (χ3v) is 3.62. The summed E-state index contributed by atoms with van der Waals surface area (Å²) in [6.07, 6.45) is -7.03. The number of rotatable bonds is 4. The number of amides is 1. The zero-order chi connectivity index (χ0) is 19.6. The first kappa shape index (κ1) is 19.8. The third kappa shape index (κ3) is 4.34. The highest BCUT2D eigenvalue weighted by Gasteiger charge is 2.38. The van der Waals surface area contributed by atoms with Crippen LogP contribution >= 0.6 is 11.6 Å². The van der Waals surface area contributed by atoms with Crippen molar-refractivity contribution in [3.05, 3.63) is 52.6 Å². The molecule has 0 saturated carbocycles. The first-order chi connectivity index (χ1) is 12.0. The predicted octanol–water partition coefficient (Wildman–Crippen LogP) is 4.78. The first-order valence-electron chi connectivity index (χ1n) is 7.08. The summed E-state index contributed by atoms with van der Waals surface area (Å²) in [6, 6.07) is 4.92. The molecule has 0 aliphatic carbocycles. The van der Waals surface area contributed by atoms with E-state index in [1.807, 2.05) is 0 Å². The normalized spacial score (nSPS) is 12.6. The van der Waals surface area contributed by atoms with Crippen LogP contribution in [0.4, 0.5) is 33.3 Å². The Hall–Kier alpha value is -2.55. The molecular formula is C16H12ClF5N2O2. The molecule has 10 heteroatoms. The van der Waals surface area contributed by atoms with E-state index in [-0.39, 0.29) is 5.02 Å². The topological polar surface area (TPSA) is 64.3 Å². The summed E-state index contributed by atoms with van der Waals surface area (Å²) in [6.45, 7) is 0.703. The van der Waals surface area contributed by atoms with E-state index < -0.39 is 52.5 Å². The number of carbonyl (C=O) groups excluding carboxylic acids is 1. The molecule has 0 bridgehead atoms. The number of carbonyl (C=O) groups is 1. The molecule has 1 atom stereocenters. The van der Waals surface area contributed by atoms with E-state index in [0.29, 0.717) is 13.0 Å². The Balaban J connectivity index is 2.41. The number of anilines is 2. The van der Waals surface area contributed by atoms with E-state index in [0.717, 1.165) is 12.1 Å². The number of hydrogen-bond acceptors (Lipinski definition) is 3. The van der Waals surface area contributed by atoms with Crippen molar-refractivity contribution >= 4 is 28.9 Å². The molecule has 140 valence electrons. The van der Waals surface area contributed by atoms with Crippen LogP contribution < -0.4 is 15.8 Å². The smallest absolute Gasteiger partial charge is 0.425 e. The molecule has 2 aromatic carbocycles. The van der Waals surface area contributed by atoms with E-state index in [1.54, 1.807) is 0 Å². The Morgan fingerprint density at radius 2 is 1.88 bits per heavy atom. The van der Waals surface area contributed by atoms with Crippen LogP contribution in [-0.4, -0.2) is 18.2 Å². The zero-order valence-electron chi connectivity index (χ0n) is 13.1. The van der Waals surface area contributed by atoms with Crippen LogP contribution in [0.15, 0.2) is 30.3 Å². The predicted molar refractivity (Wildman–Crippen MR) is 86.3 cm³/mol. The molecule has 0 spiro atoms. The number of nitrogens with two attached hydrogens (primary N) is 1. The van der Waals surface area contributed by atoms with E-state index in [2.05, 4.69) is 5.32 Å². The highest BCUT2D eigenvalue weighted by Crippen LogP contribution is 2.32. The van der Waals surface area contributed by atoms with Gasteiger partial charge in [-0.3, -0.25) is 4.79 Å². The van der Waals surface area contributed by atoms with Crippen LogP contribution in [-0.2, 0) is 0 Å². The van der Waals surface area contributed by atoms with Gasteiger partial charge in [0.2, 0.25) is 0 Å². The molecule has 0 aliphatic rings. The van der Waals surface area contributed by atoms with E-state index in [1.165, 1.54) is 12.1 Å². The minimum atomic E-state index is -4.73. The fourth-order valence-electron chi connectivity index (χ4n) is 1.90. The zero-order valence-corrected chi connectivity index (χ0v) is 13.9. The highest BCUT2D eigenvalue weighted by molar-refractivity contribution is 6.34. The van der Waals surface area contributed by atoms with Gasteiger partial charge in [-0.25, -0.2) is 8.78 Å². The molecule has 4 nitrogen and oxygen atoms in total. The van der Waals surface area contributed by atoms with Crippen LogP contribution in [0.3, 0.4) is 0 Å². The van der Waals surface area contributed by atoms with Crippen molar-refractivity contribution in [2.24, 2.45) is 0 Å². The maximum absolute atomic E-state index is 13.8. The van der Waals surface area contributed by atoms with Gasteiger partial charge in [-0.2, -0.15) is 13.2 Å². The van der Waals surface area contributed by atoms with Crippen molar-refractivity contribution in [1.82, 2.24) is 0 Å². The summed E-state index contributed by atoms with van der Waals surface area (Å²) in [4.78, 5) is 12.3. The highest BCUT2D eigenvalue weighted by atomic mass is 35.5. The van der Waals surface area contributed by atoms with Gasteiger partial charge in [-0.15, -0.1) is 0 Å². The van der Waals surface area contributed by atoms with Gasteiger partial charge < -0.3 is 15.8 Å². The lowest BCUT2D eigenvalue weighted by molar-refractivity contribution is -0.189. The second kappa shape index (κ2) is 7.36. The SMILES string of the molecule is CC(Oc1cc(N)c(F)cc1C(=O)Nc1c(F)cccc1Cl)C(F)(F)F. The molecule has 1 amide bonds. The average Bonchev–Trinajstić information content (AvgIpc) is 2.53. The number of alkyl halides is 3. The molecule has 2 rings (SSSR count). The molecule has 26 heavy (non-hydrogen) atoms. The second-order valence-corrected chi connectivity index (χ2v) is 5.63. The van der Waals surface area contributed by atoms with Gasteiger partial charge in [0, 0.05) is 6.07 Å². The van der Waals surface area contributed by atoms with Crippen LogP contribution in [0.5, 0.6) is 5.75 Å². The number of benzene rings is 2. The molecule has 0 saturated heterocycles. The van der Waals surface area contributed by atoms with E-state index in [9.17, 15) is 26.7 Å². The summed E-state index contributed by atoms with van der Waals surface area (Å²) in [7, 11) is 0. The van der Waals surface area contributed by atoms with Gasteiger partial charge in [0.25, 0.3) is 5.91 Å². The maximum atomic E-state index is 13.8. The lowest BCUT2D eigenvalue weighted by Crippen LogP contribution is -2.32. The van der Waals surface area contributed by atoms with Gasteiger partial charge in [0.1, 0.15) is 17.4 Å². The van der Waals surface area contributed by atoms with Gasteiger partial charge in [0.05, 0.1) is 22.0 Å². The summed E-state index contributed by atoms with van der Waals surface area (Å²) >= 11 is 5.77. The van der Waals surface area contributed by atoms with Crippen LogP contribution in [0.25, 0.3) is 0 Å². The van der Waals surface area contributed by atoms with E-state index >= 15 is 0 Å². The number of halogens is 6. The third-order valence-electron chi connectivity index (χ3n) is 3.31. The summed E-state index contributed by atoms with van der Waals surface area (Å²) < 4.78 is 70.3. The molecule has 3 N–H and O–H groups in total. The number of para-hydroxylation sites is 1. The van der Waals surface area contributed by atoms with Gasteiger partial charge in [-0.05, 0) is 25.1 Å². The Bertz CT molecular complexity index is 822. The Morgan fingerprint density at radius 3 is 2.46 bits per heavy atom. The van der Waals surface area contributed by atoms with E-state index in [4.69, 9.17) is 22.1 Å². The summed E-state index contributed by atoms with van der Waals surface area (Å²) in [5, 5.41) is 1.93. The summed E-state index contributed by atoms with van der Waals surface area (Å²) in [5.74, 6) is -3.67. The average molecular weight is 395 g/mol. The largest absolute Gasteiger partial charge is 0.480 e. The van der Waals surface area contributed by atoms with Crippen molar-refractivity contribution < 1.29 is 31.5 Å². The molecule has 0 heterocycles. The Labute approximate surface area is 149 Å². The number of ether oxygens (including phenoxy) is 1. The summed E-state index contributed by atoms with van der Waals surface area (Å²) in [5.41, 5.74) is 3.79. The molecule has 0 radical (unpaired) electrons. The quantitative estimate of drug-likeness (QED) is 0.579. The van der Waals surface area contributed by atoms with Crippen LogP contribution in [0, 0.1) is 11.6 Å². The minimum absolute atomic E-state index is 0.152. The first-order valence-corrected chi connectivity index (χ1v) is 7.46. The minimum Gasteiger partial charge on any atom is -0.480 e. The fraction of sp³-hybridized carbons (Fsp3) is 0.188. The number of nitrogen functional groups attached to an aromatic ring is 1. The Morgan fingerprint density at radius 1 is 1.23 bits per heavy atom. The standard InChI is InChI=1S/C16H12ClF5N2O2/c1-7(16(20,21)22)26-13-6-12(23)11(19)5-8(13)15(25)24-14-9(17)3-2-4-10(14)18/h2-7H,23H2,1H3,(H,24,25). The van der Waals surface area contributed by atoms with Crippen molar-refractivity contribution in [1.29, 1.82) is 0 Å². The van der Waals surface area contributed by atoms with Crippen molar-refractivity contribution in [2.45, 2.75) is 19.2 Å². The molecule has 2 aromatic rings.